The minimum Gasteiger partial charge on any atom is -0.289 e. The molecule has 1 aromatic heterocycles. The highest BCUT2D eigenvalue weighted by Crippen LogP contribution is 2.27. The van der Waals surface area contributed by atoms with Gasteiger partial charge in [-0.2, -0.15) is 5.10 Å². The first-order valence-corrected chi connectivity index (χ1v) is 10.2. The lowest BCUT2D eigenvalue weighted by molar-refractivity contribution is -0.384. The van der Waals surface area contributed by atoms with E-state index in [4.69, 9.17) is 0 Å². The molecule has 8 nitrogen and oxygen atoms in total. The molecule has 1 aromatic carbocycles. The van der Waals surface area contributed by atoms with Crippen LogP contribution >= 0.6 is 0 Å². The standard InChI is InChI=1S/C18H19N3O5S/c1-12-17(13(2)20(19-12)16-9-10-27(25,26)11-16)7-8-18(22)14-3-5-15(6-4-14)21(23)24/h3-8,16H,9-11H2,1-2H3/b8-7+/t16-/m0/s1. The van der Waals surface area contributed by atoms with Gasteiger partial charge < -0.3 is 0 Å². The van der Waals surface area contributed by atoms with E-state index in [0.717, 1.165) is 11.3 Å². The Morgan fingerprint density at radius 1 is 1.30 bits per heavy atom. The number of carbonyl (C=O) groups excluding carboxylic acids is 1. The number of sulfone groups is 1. The van der Waals surface area contributed by atoms with E-state index < -0.39 is 14.8 Å². The summed E-state index contributed by atoms with van der Waals surface area (Å²) in [6, 6.07) is 5.22. The number of aryl methyl sites for hydroxylation is 1. The van der Waals surface area contributed by atoms with Crippen LogP contribution in [0, 0.1) is 24.0 Å². The van der Waals surface area contributed by atoms with Crippen molar-refractivity contribution in [2.75, 3.05) is 11.5 Å². The third-order valence-corrected chi connectivity index (χ3v) is 6.45. The van der Waals surface area contributed by atoms with E-state index in [1.54, 1.807) is 10.8 Å². The molecule has 0 N–H and O–H groups in total. The molecule has 0 amide bonds. The number of hydrogen-bond donors (Lipinski definition) is 0. The Hall–Kier alpha value is -2.81. The summed E-state index contributed by atoms with van der Waals surface area (Å²) in [5.41, 5.74) is 2.57. The number of non-ortho nitro benzene ring substituents is 1. The smallest absolute Gasteiger partial charge is 0.269 e. The molecule has 0 saturated carbocycles. The summed E-state index contributed by atoms with van der Waals surface area (Å²) in [5.74, 6) is -0.0282. The lowest BCUT2D eigenvalue weighted by Gasteiger charge is -2.10. The van der Waals surface area contributed by atoms with Gasteiger partial charge in [-0.25, -0.2) is 8.42 Å². The summed E-state index contributed by atoms with van der Waals surface area (Å²) in [6.07, 6.45) is 3.59. The van der Waals surface area contributed by atoms with Gasteiger partial charge in [-0.15, -0.1) is 0 Å². The molecule has 1 aliphatic heterocycles. The Bertz CT molecular complexity index is 1040. The van der Waals surface area contributed by atoms with Gasteiger partial charge in [-0.05, 0) is 44.6 Å². The third kappa shape index (κ3) is 3.97. The fourth-order valence-electron chi connectivity index (χ4n) is 3.24. The highest BCUT2D eigenvalue weighted by Gasteiger charge is 2.31. The van der Waals surface area contributed by atoms with Crippen molar-refractivity contribution in [1.29, 1.82) is 0 Å². The lowest BCUT2D eigenvalue weighted by Crippen LogP contribution is -2.13. The Morgan fingerprint density at radius 2 is 1.96 bits per heavy atom. The van der Waals surface area contributed by atoms with Crippen molar-refractivity contribution in [1.82, 2.24) is 9.78 Å². The second kappa shape index (κ2) is 7.07. The number of hydrogen-bond acceptors (Lipinski definition) is 6. The molecule has 1 atom stereocenters. The molecule has 0 unspecified atom stereocenters. The predicted octanol–water partition coefficient (Wildman–Crippen LogP) is 2.66. The van der Waals surface area contributed by atoms with Crippen LogP contribution < -0.4 is 0 Å². The van der Waals surface area contributed by atoms with Gasteiger partial charge in [-0.3, -0.25) is 19.6 Å². The van der Waals surface area contributed by atoms with Gasteiger partial charge in [0.1, 0.15) is 0 Å². The summed E-state index contributed by atoms with van der Waals surface area (Å²) in [6.45, 7) is 3.66. The van der Waals surface area contributed by atoms with Crippen LogP contribution in [0.4, 0.5) is 5.69 Å². The average Bonchev–Trinajstić information content (AvgIpc) is 3.12. The van der Waals surface area contributed by atoms with E-state index in [1.807, 2.05) is 13.8 Å². The first-order valence-electron chi connectivity index (χ1n) is 8.41. The molecule has 2 heterocycles. The fourth-order valence-corrected chi connectivity index (χ4v) is 4.94. The van der Waals surface area contributed by atoms with E-state index >= 15 is 0 Å². The van der Waals surface area contributed by atoms with E-state index in [0.29, 0.717) is 17.7 Å². The number of nitro benzene ring substituents is 1. The summed E-state index contributed by atoms with van der Waals surface area (Å²) >= 11 is 0. The second-order valence-electron chi connectivity index (χ2n) is 6.59. The Labute approximate surface area is 156 Å². The Kier molecular flexibility index (Phi) is 4.97. The van der Waals surface area contributed by atoms with Gasteiger partial charge in [-0.1, -0.05) is 0 Å². The zero-order chi connectivity index (χ0) is 19.8. The molecule has 1 aliphatic rings. The average molecular weight is 389 g/mol. The molecular weight excluding hydrogens is 370 g/mol. The maximum atomic E-state index is 12.3. The van der Waals surface area contributed by atoms with Crippen LogP contribution in [-0.4, -0.2) is 40.4 Å². The number of allylic oxidation sites excluding steroid dienone is 1. The molecule has 3 rings (SSSR count). The normalized spacial score (nSPS) is 18.8. The van der Waals surface area contributed by atoms with Crippen LogP contribution in [0.25, 0.3) is 6.08 Å². The van der Waals surface area contributed by atoms with E-state index in [-0.39, 0.29) is 29.0 Å². The van der Waals surface area contributed by atoms with Gasteiger partial charge >= 0.3 is 0 Å². The minimum absolute atomic E-state index is 0.0741. The molecule has 0 radical (unpaired) electrons. The number of aromatic nitrogens is 2. The maximum absolute atomic E-state index is 12.3. The largest absolute Gasteiger partial charge is 0.289 e. The minimum atomic E-state index is -3.02. The number of nitro groups is 1. The Morgan fingerprint density at radius 3 is 2.52 bits per heavy atom. The van der Waals surface area contributed by atoms with Crippen LogP contribution in [0.15, 0.2) is 30.3 Å². The van der Waals surface area contributed by atoms with Crippen molar-refractivity contribution in [3.05, 3.63) is 63.0 Å². The van der Waals surface area contributed by atoms with Crippen molar-refractivity contribution in [2.24, 2.45) is 0 Å². The molecule has 2 aromatic rings. The number of ketones is 1. The highest BCUT2D eigenvalue weighted by molar-refractivity contribution is 7.91. The number of rotatable bonds is 5. The van der Waals surface area contributed by atoms with Crippen LogP contribution in [0.3, 0.4) is 0 Å². The molecule has 9 heteroatoms. The molecule has 0 spiro atoms. The molecule has 0 bridgehead atoms. The molecule has 142 valence electrons. The van der Waals surface area contributed by atoms with E-state index in [9.17, 15) is 23.3 Å². The van der Waals surface area contributed by atoms with Gasteiger partial charge in [0.05, 0.1) is 28.2 Å². The summed E-state index contributed by atoms with van der Waals surface area (Å²) in [4.78, 5) is 22.5. The molecule has 1 fully saturated rings. The van der Waals surface area contributed by atoms with Crippen LogP contribution in [0.1, 0.15) is 39.8 Å². The summed E-state index contributed by atoms with van der Waals surface area (Å²) < 4.78 is 25.2. The van der Waals surface area contributed by atoms with Crippen molar-refractivity contribution in [3.63, 3.8) is 0 Å². The van der Waals surface area contributed by atoms with Gasteiger partial charge in [0.15, 0.2) is 15.6 Å². The first kappa shape index (κ1) is 19.0. The van der Waals surface area contributed by atoms with Crippen LogP contribution in [-0.2, 0) is 9.84 Å². The van der Waals surface area contributed by atoms with E-state index in [2.05, 4.69) is 5.10 Å². The SMILES string of the molecule is Cc1nn([C@H]2CCS(=O)(=O)C2)c(C)c1/C=C/C(=O)c1ccc([N+](=O)[O-])cc1. The van der Waals surface area contributed by atoms with E-state index in [1.165, 1.54) is 30.3 Å². The highest BCUT2D eigenvalue weighted by atomic mass is 32.2. The lowest BCUT2D eigenvalue weighted by atomic mass is 10.1. The predicted molar refractivity (Wildman–Crippen MR) is 100 cm³/mol. The van der Waals surface area contributed by atoms with Gasteiger partial charge in [0.25, 0.3) is 5.69 Å². The van der Waals surface area contributed by atoms with Gasteiger partial charge in [0.2, 0.25) is 0 Å². The van der Waals surface area contributed by atoms with Crippen LogP contribution in [0.5, 0.6) is 0 Å². The number of benzene rings is 1. The van der Waals surface area contributed by atoms with Crippen molar-refractivity contribution >= 4 is 27.4 Å². The Balaban J connectivity index is 1.81. The topological polar surface area (TPSA) is 112 Å². The first-order chi connectivity index (χ1) is 12.7. The van der Waals surface area contributed by atoms with Crippen molar-refractivity contribution in [2.45, 2.75) is 26.3 Å². The third-order valence-electron chi connectivity index (χ3n) is 4.70. The fraction of sp³-hybridized carbons (Fsp3) is 0.333. The zero-order valence-electron chi connectivity index (χ0n) is 15.0. The van der Waals surface area contributed by atoms with Crippen molar-refractivity contribution in [3.8, 4) is 0 Å². The molecular formula is C18H19N3O5S. The second-order valence-corrected chi connectivity index (χ2v) is 8.82. The monoisotopic (exact) mass is 389 g/mol. The summed E-state index contributed by atoms with van der Waals surface area (Å²) in [7, 11) is -3.02. The number of carbonyl (C=O) groups is 1. The number of nitrogens with zero attached hydrogens (tertiary/aromatic N) is 3. The maximum Gasteiger partial charge on any atom is 0.269 e. The summed E-state index contributed by atoms with van der Waals surface area (Å²) in [5, 5.41) is 15.1. The molecule has 27 heavy (non-hydrogen) atoms. The van der Waals surface area contributed by atoms with Gasteiger partial charge in [0, 0.05) is 29.0 Å². The molecule has 1 saturated heterocycles. The van der Waals surface area contributed by atoms with Crippen molar-refractivity contribution < 1.29 is 18.1 Å². The quantitative estimate of drug-likeness (QED) is 0.336. The zero-order valence-corrected chi connectivity index (χ0v) is 15.8. The van der Waals surface area contributed by atoms with Crippen LogP contribution in [0.2, 0.25) is 0 Å². The molecule has 0 aliphatic carbocycles.